The van der Waals surface area contributed by atoms with E-state index in [0.717, 1.165) is 12.8 Å². The molecule has 1 heterocycles. The summed E-state index contributed by atoms with van der Waals surface area (Å²) in [6.45, 7) is 12.4. The number of ether oxygens (including phenoxy) is 2. The molecule has 1 saturated heterocycles. The summed E-state index contributed by atoms with van der Waals surface area (Å²) in [6.07, 6.45) is 3.51. The molecule has 2 aliphatic carbocycles. The van der Waals surface area contributed by atoms with Crippen molar-refractivity contribution in [1.82, 2.24) is 20.6 Å². The number of amides is 2. The van der Waals surface area contributed by atoms with E-state index < -0.39 is 16.7 Å². The predicted octanol–water partition coefficient (Wildman–Crippen LogP) is 1.61. The first kappa shape index (κ1) is 22.8. The summed E-state index contributed by atoms with van der Waals surface area (Å²) in [6, 6.07) is 0. The molecule has 3 aliphatic rings. The maximum Gasteiger partial charge on any atom is 0.410 e. The lowest BCUT2D eigenvalue weighted by atomic mass is 9.70. The SMILES string of the molecule is CNOC1=C[C@@](C)(NC(=O)C2CC2)C1(C)OCN1CCN(C(=O)OC(C)(C)C)CC1. The minimum Gasteiger partial charge on any atom is -0.444 e. The summed E-state index contributed by atoms with van der Waals surface area (Å²) in [5.74, 6) is 0.837. The standard InChI is InChI=1S/C21H36N4O5/c1-19(2,3)29-18(27)25-11-9-24(10-12-25)14-28-21(5)16(30-22-6)13-20(21,4)23-17(26)15-7-8-15/h13,15,22H,7-12,14H2,1-6H3,(H,23,26)/t20-,21?/m1/s1. The van der Waals surface area contributed by atoms with E-state index in [1.807, 2.05) is 40.7 Å². The maximum absolute atomic E-state index is 12.4. The van der Waals surface area contributed by atoms with Gasteiger partial charge in [0.25, 0.3) is 0 Å². The highest BCUT2D eigenvalue weighted by molar-refractivity contribution is 5.82. The topological polar surface area (TPSA) is 92.4 Å². The fourth-order valence-electron chi connectivity index (χ4n) is 3.64. The molecule has 170 valence electrons. The molecular formula is C21H36N4O5. The summed E-state index contributed by atoms with van der Waals surface area (Å²) in [5.41, 5.74) is 0.764. The van der Waals surface area contributed by atoms with Crippen LogP contribution in [0.4, 0.5) is 4.79 Å². The third kappa shape index (κ3) is 4.90. The Labute approximate surface area is 179 Å². The fourth-order valence-corrected chi connectivity index (χ4v) is 3.64. The third-order valence-electron chi connectivity index (χ3n) is 5.98. The number of nitrogens with zero attached hydrogens (tertiary/aromatic N) is 2. The van der Waals surface area contributed by atoms with E-state index in [1.54, 1.807) is 11.9 Å². The Morgan fingerprint density at radius 2 is 1.80 bits per heavy atom. The summed E-state index contributed by atoms with van der Waals surface area (Å²) < 4.78 is 11.8. The Morgan fingerprint density at radius 1 is 1.17 bits per heavy atom. The Hall–Kier alpha value is -1.84. The molecule has 0 aromatic rings. The molecule has 2 atom stereocenters. The quantitative estimate of drug-likeness (QED) is 0.600. The molecule has 0 radical (unpaired) electrons. The van der Waals surface area contributed by atoms with Crippen molar-refractivity contribution in [2.45, 2.75) is 64.2 Å². The maximum atomic E-state index is 12.4. The largest absolute Gasteiger partial charge is 0.444 e. The highest BCUT2D eigenvalue weighted by Gasteiger charge is 2.59. The molecule has 2 amide bonds. The van der Waals surface area contributed by atoms with Crippen LogP contribution in [-0.4, -0.2) is 78.5 Å². The number of rotatable bonds is 7. The van der Waals surface area contributed by atoms with Gasteiger partial charge in [0.05, 0.1) is 5.54 Å². The van der Waals surface area contributed by atoms with Crippen molar-refractivity contribution in [2.24, 2.45) is 5.92 Å². The molecule has 9 nitrogen and oxygen atoms in total. The van der Waals surface area contributed by atoms with E-state index in [4.69, 9.17) is 14.3 Å². The van der Waals surface area contributed by atoms with E-state index in [0.29, 0.717) is 38.7 Å². The van der Waals surface area contributed by atoms with Gasteiger partial charge in [0.15, 0.2) is 11.4 Å². The second-order valence-electron chi connectivity index (χ2n) is 9.67. The molecule has 0 aromatic heterocycles. The molecule has 2 N–H and O–H groups in total. The molecular weight excluding hydrogens is 388 g/mol. The van der Waals surface area contributed by atoms with Crippen molar-refractivity contribution < 1.29 is 23.9 Å². The van der Waals surface area contributed by atoms with Gasteiger partial charge in [-0.05, 0) is 53.5 Å². The van der Waals surface area contributed by atoms with Crippen molar-refractivity contribution in [3.63, 3.8) is 0 Å². The zero-order valence-electron chi connectivity index (χ0n) is 19.0. The lowest BCUT2D eigenvalue weighted by Crippen LogP contribution is -2.69. The summed E-state index contributed by atoms with van der Waals surface area (Å²) in [4.78, 5) is 34.0. The molecule has 9 heteroatoms. The number of carbonyl (C=O) groups excluding carboxylic acids is 2. The van der Waals surface area contributed by atoms with Gasteiger partial charge in [-0.2, -0.15) is 5.48 Å². The second-order valence-corrected chi connectivity index (χ2v) is 9.67. The molecule has 2 fully saturated rings. The van der Waals surface area contributed by atoms with Crippen LogP contribution in [0.3, 0.4) is 0 Å². The molecule has 1 unspecified atom stereocenters. The second kappa shape index (κ2) is 8.36. The van der Waals surface area contributed by atoms with Gasteiger partial charge in [-0.1, -0.05) is 0 Å². The van der Waals surface area contributed by atoms with Crippen molar-refractivity contribution in [1.29, 1.82) is 0 Å². The predicted molar refractivity (Wildman–Crippen MR) is 111 cm³/mol. The number of piperazine rings is 1. The van der Waals surface area contributed by atoms with E-state index in [1.165, 1.54) is 0 Å². The molecule has 3 rings (SSSR count). The molecule has 30 heavy (non-hydrogen) atoms. The van der Waals surface area contributed by atoms with Crippen LogP contribution in [0.15, 0.2) is 11.8 Å². The molecule has 0 spiro atoms. The van der Waals surface area contributed by atoms with Crippen LogP contribution in [0.2, 0.25) is 0 Å². The summed E-state index contributed by atoms with van der Waals surface area (Å²) in [5, 5.41) is 3.13. The Morgan fingerprint density at radius 3 is 2.33 bits per heavy atom. The molecule has 0 bridgehead atoms. The zero-order chi connectivity index (χ0) is 22.2. The van der Waals surface area contributed by atoms with Crippen LogP contribution in [0.5, 0.6) is 0 Å². The minimum atomic E-state index is -0.789. The fraction of sp³-hybridized carbons (Fsp3) is 0.810. The van der Waals surface area contributed by atoms with Crippen LogP contribution >= 0.6 is 0 Å². The van der Waals surface area contributed by atoms with Crippen molar-refractivity contribution >= 4 is 12.0 Å². The Bertz CT molecular complexity index is 694. The molecule has 0 aromatic carbocycles. The van der Waals surface area contributed by atoms with E-state index in [2.05, 4.69) is 15.7 Å². The first-order valence-electron chi connectivity index (χ1n) is 10.7. The van der Waals surface area contributed by atoms with Crippen LogP contribution in [-0.2, 0) is 19.1 Å². The number of carbonyl (C=O) groups is 2. The number of hydroxylamine groups is 1. The van der Waals surface area contributed by atoms with Crippen LogP contribution in [0.25, 0.3) is 0 Å². The number of nitrogens with one attached hydrogen (secondary N) is 2. The number of hydrogen-bond acceptors (Lipinski definition) is 7. The van der Waals surface area contributed by atoms with E-state index in [-0.39, 0.29) is 17.9 Å². The van der Waals surface area contributed by atoms with Gasteiger partial charge >= 0.3 is 6.09 Å². The normalized spacial score (nSPS) is 29.7. The monoisotopic (exact) mass is 424 g/mol. The van der Waals surface area contributed by atoms with Crippen LogP contribution < -0.4 is 10.8 Å². The number of hydrogen-bond donors (Lipinski definition) is 2. The average molecular weight is 425 g/mol. The summed E-state index contributed by atoms with van der Waals surface area (Å²) in [7, 11) is 1.69. The van der Waals surface area contributed by atoms with Gasteiger partial charge in [0.1, 0.15) is 12.3 Å². The van der Waals surface area contributed by atoms with Crippen molar-refractivity contribution in [2.75, 3.05) is 40.0 Å². The van der Waals surface area contributed by atoms with Gasteiger partial charge in [-0.25, -0.2) is 4.79 Å². The highest BCUT2D eigenvalue weighted by Crippen LogP contribution is 2.45. The molecule has 1 saturated carbocycles. The molecule has 1 aliphatic heterocycles. The lowest BCUT2D eigenvalue weighted by molar-refractivity contribution is -0.158. The summed E-state index contributed by atoms with van der Waals surface area (Å²) >= 11 is 0. The van der Waals surface area contributed by atoms with E-state index in [9.17, 15) is 9.59 Å². The van der Waals surface area contributed by atoms with Gasteiger partial charge < -0.3 is 24.5 Å². The van der Waals surface area contributed by atoms with Crippen molar-refractivity contribution in [3.05, 3.63) is 11.8 Å². The first-order chi connectivity index (χ1) is 14.0. The van der Waals surface area contributed by atoms with Gasteiger partial charge in [-0.15, -0.1) is 0 Å². The lowest BCUT2D eigenvalue weighted by Gasteiger charge is -2.52. The van der Waals surface area contributed by atoms with Crippen LogP contribution in [0.1, 0.15) is 47.5 Å². The Kier molecular flexibility index (Phi) is 6.36. The average Bonchev–Trinajstić information content (AvgIpc) is 3.50. The smallest absolute Gasteiger partial charge is 0.410 e. The van der Waals surface area contributed by atoms with Crippen LogP contribution in [0, 0.1) is 5.92 Å². The third-order valence-corrected chi connectivity index (χ3v) is 5.98. The minimum absolute atomic E-state index is 0.0676. The highest BCUT2D eigenvalue weighted by atomic mass is 16.7. The van der Waals surface area contributed by atoms with Gasteiger partial charge in [-0.3, -0.25) is 9.69 Å². The van der Waals surface area contributed by atoms with E-state index >= 15 is 0 Å². The van der Waals surface area contributed by atoms with Gasteiger partial charge in [0, 0.05) is 39.1 Å². The zero-order valence-corrected chi connectivity index (χ0v) is 19.0. The van der Waals surface area contributed by atoms with Crippen molar-refractivity contribution in [3.8, 4) is 0 Å². The first-order valence-corrected chi connectivity index (χ1v) is 10.7. The van der Waals surface area contributed by atoms with Gasteiger partial charge in [0.2, 0.25) is 5.91 Å². The Balaban J connectivity index is 1.54.